The van der Waals surface area contributed by atoms with E-state index in [9.17, 15) is 4.79 Å². The molecule has 1 aliphatic rings. The lowest BCUT2D eigenvalue weighted by atomic mass is 9.93. The maximum atomic E-state index is 10.9. The zero-order valence-corrected chi connectivity index (χ0v) is 12.3. The van der Waals surface area contributed by atoms with Crippen LogP contribution >= 0.6 is 0 Å². The number of aromatic nitrogens is 2. The lowest BCUT2D eigenvalue weighted by molar-refractivity contribution is 0.0697. The molecule has 5 heteroatoms. The van der Waals surface area contributed by atoms with Gasteiger partial charge in [0, 0.05) is 18.0 Å². The molecular weight excluding hydrogens is 278 g/mol. The molecule has 0 saturated carbocycles. The smallest absolute Gasteiger partial charge is 0.335 e. The lowest BCUT2D eigenvalue weighted by Crippen LogP contribution is -2.31. The van der Waals surface area contributed by atoms with Crippen molar-refractivity contribution in [2.24, 2.45) is 5.92 Å². The maximum Gasteiger partial charge on any atom is 0.335 e. The summed E-state index contributed by atoms with van der Waals surface area (Å²) in [5.74, 6) is -0.332. The highest BCUT2D eigenvalue weighted by Crippen LogP contribution is 2.24. The van der Waals surface area contributed by atoms with Crippen molar-refractivity contribution >= 4 is 5.97 Å². The van der Waals surface area contributed by atoms with Gasteiger partial charge in [0.05, 0.1) is 17.0 Å². The van der Waals surface area contributed by atoms with Gasteiger partial charge in [-0.05, 0) is 50.4 Å². The first-order valence-electron chi connectivity index (χ1n) is 7.58. The van der Waals surface area contributed by atoms with Crippen LogP contribution in [-0.4, -0.2) is 34.1 Å². The van der Waals surface area contributed by atoms with Gasteiger partial charge in [-0.3, -0.25) is 9.97 Å². The van der Waals surface area contributed by atoms with Crippen molar-refractivity contribution in [3.8, 4) is 11.3 Å². The molecule has 2 N–H and O–H groups in total. The fourth-order valence-corrected chi connectivity index (χ4v) is 2.90. The van der Waals surface area contributed by atoms with Crippen molar-refractivity contribution in [1.82, 2.24) is 15.3 Å². The molecule has 2 aromatic rings. The number of aromatic carboxylic acids is 1. The van der Waals surface area contributed by atoms with Crippen molar-refractivity contribution in [2.75, 3.05) is 13.1 Å². The second-order valence-electron chi connectivity index (χ2n) is 5.65. The molecule has 0 bridgehead atoms. The van der Waals surface area contributed by atoms with Crippen molar-refractivity contribution in [1.29, 1.82) is 0 Å². The number of benzene rings is 1. The van der Waals surface area contributed by atoms with E-state index in [1.807, 2.05) is 0 Å². The van der Waals surface area contributed by atoms with Crippen LogP contribution < -0.4 is 5.32 Å². The van der Waals surface area contributed by atoms with Gasteiger partial charge < -0.3 is 10.4 Å². The normalized spacial score (nSPS) is 18.1. The van der Waals surface area contributed by atoms with E-state index in [-0.39, 0.29) is 5.56 Å². The van der Waals surface area contributed by atoms with E-state index in [1.165, 1.54) is 12.8 Å². The van der Waals surface area contributed by atoms with Gasteiger partial charge in [0.25, 0.3) is 0 Å². The Morgan fingerprint density at radius 3 is 2.68 bits per heavy atom. The average molecular weight is 297 g/mol. The van der Waals surface area contributed by atoms with Crippen LogP contribution in [0.4, 0.5) is 0 Å². The summed E-state index contributed by atoms with van der Waals surface area (Å²) in [5, 5.41) is 12.4. The predicted octanol–water partition coefficient (Wildman–Crippen LogP) is 2.38. The molecule has 5 nitrogen and oxygen atoms in total. The van der Waals surface area contributed by atoms with E-state index in [4.69, 9.17) is 5.11 Å². The Kier molecular flexibility index (Phi) is 4.44. The Morgan fingerprint density at radius 1 is 1.23 bits per heavy atom. The fourth-order valence-electron chi connectivity index (χ4n) is 2.90. The van der Waals surface area contributed by atoms with Gasteiger partial charge >= 0.3 is 5.97 Å². The van der Waals surface area contributed by atoms with Gasteiger partial charge in [0.2, 0.25) is 0 Å². The minimum Gasteiger partial charge on any atom is -0.478 e. The largest absolute Gasteiger partial charge is 0.478 e. The Hall–Kier alpha value is -2.27. The predicted molar refractivity (Wildman–Crippen MR) is 83.7 cm³/mol. The molecule has 3 rings (SSSR count). The van der Waals surface area contributed by atoms with E-state index in [1.54, 1.807) is 36.7 Å². The molecule has 1 aliphatic heterocycles. The van der Waals surface area contributed by atoms with Crippen LogP contribution in [0.1, 0.15) is 28.9 Å². The Morgan fingerprint density at radius 2 is 2.00 bits per heavy atom. The van der Waals surface area contributed by atoms with Gasteiger partial charge in [-0.25, -0.2) is 4.79 Å². The number of carboxylic acid groups (broad SMARTS) is 1. The van der Waals surface area contributed by atoms with E-state index < -0.39 is 5.97 Å². The molecule has 0 spiro atoms. The summed E-state index contributed by atoms with van der Waals surface area (Å²) in [4.78, 5) is 19.9. The summed E-state index contributed by atoms with van der Waals surface area (Å²) < 4.78 is 0. The van der Waals surface area contributed by atoms with Crippen molar-refractivity contribution in [2.45, 2.75) is 19.3 Å². The Balaban J connectivity index is 1.85. The molecule has 0 radical (unpaired) electrons. The van der Waals surface area contributed by atoms with Crippen LogP contribution in [0.15, 0.2) is 36.7 Å². The summed E-state index contributed by atoms with van der Waals surface area (Å²) in [7, 11) is 0. The summed E-state index contributed by atoms with van der Waals surface area (Å²) >= 11 is 0. The van der Waals surface area contributed by atoms with Crippen molar-refractivity contribution < 1.29 is 9.90 Å². The number of nitrogens with one attached hydrogen (secondary N) is 1. The van der Waals surface area contributed by atoms with E-state index >= 15 is 0 Å². The number of rotatable bonds is 4. The van der Waals surface area contributed by atoms with Crippen LogP contribution in [0.5, 0.6) is 0 Å². The third-order valence-electron chi connectivity index (χ3n) is 4.06. The van der Waals surface area contributed by atoms with Gasteiger partial charge in [-0.2, -0.15) is 0 Å². The van der Waals surface area contributed by atoms with E-state index in [0.717, 1.165) is 36.5 Å². The number of carboxylic acids is 1. The minimum atomic E-state index is -0.917. The van der Waals surface area contributed by atoms with Gasteiger partial charge in [-0.15, -0.1) is 0 Å². The molecule has 1 fully saturated rings. The average Bonchev–Trinajstić information content (AvgIpc) is 2.56. The van der Waals surface area contributed by atoms with Crippen LogP contribution in [0.25, 0.3) is 11.3 Å². The number of hydrogen-bond donors (Lipinski definition) is 2. The zero-order valence-electron chi connectivity index (χ0n) is 12.3. The monoisotopic (exact) mass is 297 g/mol. The molecule has 0 unspecified atom stereocenters. The Bertz CT molecular complexity index is 649. The summed E-state index contributed by atoms with van der Waals surface area (Å²) in [5.41, 5.74) is 3.03. The molecule has 0 aliphatic carbocycles. The quantitative estimate of drug-likeness (QED) is 0.906. The fraction of sp³-hybridized carbons (Fsp3) is 0.353. The first-order valence-corrected chi connectivity index (χ1v) is 7.58. The molecule has 1 atom stereocenters. The molecule has 1 saturated heterocycles. The number of nitrogens with zero attached hydrogens (tertiary/aromatic N) is 2. The Labute approximate surface area is 129 Å². The molecule has 114 valence electrons. The molecular formula is C17H19N3O2. The number of carbonyl (C=O) groups is 1. The number of hydrogen-bond acceptors (Lipinski definition) is 4. The van der Waals surface area contributed by atoms with Crippen LogP contribution in [0, 0.1) is 5.92 Å². The highest BCUT2D eigenvalue weighted by Gasteiger charge is 2.17. The SMILES string of the molecule is O=C(O)c1ccc(-c2nccnc2C[C@H]2CCCNC2)cc1. The molecule has 0 amide bonds. The highest BCUT2D eigenvalue weighted by molar-refractivity contribution is 5.88. The number of piperidine rings is 1. The molecule has 22 heavy (non-hydrogen) atoms. The van der Waals surface area contributed by atoms with Crippen LogP contribution in [0.3, 0.4) is 0 Å². The van der Waals surface area contributed by atoms with Crippen LogP contribution in [-0.2, 0) is 6.42 Å². The summed E-state index contributed by atoms with van der Waals surface area (Å²) in [6, 6.07) is 6.82. The standard InChI is InChI=1S/C17H19N3O2/c21-17(22)14-5-3-13(4-6-14)16-15(19-8-9-20-16)10-12-2-1-7-18-11-12/h3-6,8-9,12,18H,1-2,7,10-11H2,(H,21,22)/t12-/m1/s1. The summed E-state index contributed by atoms with van der Waals surface area (Å²) in [6.07, 6.45) is 6.72. The lowest BCUT2D eigenvalue weighted by Gasteiger charge is -2.23. The zero-order chi connectivity index (χ0) is 15.4. The molecule has 1 aromatic heterocycles. The maximum absolute atomic E-state index is 10.9. The topological polar surface area (TPSA) is 75.1 Å². The summed E-state index contributed by atoms with van der Waals surface area (Å²) in [6.45, 7) is 2.12. The molecule has 1 aromatic carbocycles. The first kappa shape index (κ1) is 14.7. The van der Waals surface area contributed by atoms with Crippen LogP contribution in [0.2, 0.25) is 0 Å². The van der Waals surface area contributed by atoms with Crippen molar-refractivity contribution in [3.63, 3.8) is 0 Å². The van der Waals surface area contributed by atoms with Gasteiger partial charge in [0.15, 0.2) is 0 Å². The van der Waals surface area contributed by atoms with Crippen molar-refractivity contribution in [3.05, 3.63) is 47.9 Å². The third kappa shape index (κ3) is 3.31. The highest BCUT2D eigenvalue weighted by atomic mass is 16.4. The second kappa shape index (κ2) is 6.66. The molecule has 2 heterocycles. The first-order chi connectivity index (χ1) is 10.7. The van der Waals surface area contributed by atoms with Gasteiger partial charge in [0.1, 0.15) is 0 Å². The van der Waals surface area contributed by atoms with E-state index in [2.05, 4.69) is 15.3 Å². The third-order valence-corrected chi connectivity index (χ3v) is 4.06. The van der Waals surface area contributed by atoms with E-state index in [0.29, 0.717) is 5.92 Å². The van der Waals surface area contributed by atoms with Gasteiger partial charge in [-0.1, -0.05) is 12.1 Å². The minimum absolute atomic E-state index is 0.283. The second-order valence-corrected chi connectivity index (χ2v) is 5.65.